The number of nitrogens with zero attached hydrogens (tertiary/aromatic N) is 2. The molecule has 0 radical (unpaired) electrons. The molecule has 0 aliphatic rings. The first kappa shape index (κ1) is 15.1. The Balaban J connectivity index is 2.36. The maximum Gasteiger partial charge on any atom is 0.155 e. The molecule has 20 heavy (non-hydrogen) atoms. The second kappa shape index (κ2) is 6.92. The SMILES string of the molecule is COc1ccc(-c2nccnc2Cl)cc1SNC(C)C. The lowest BCUT2D eigenvalue weighted by Gasteiger charge is -2.12. The molecule has 0 bridgehead atoms. The van der Waals surface area contributed by atoms with Crippen LogP contribution in [0.25, 0.3) is 11.3 Å². The summed E-state index contributed by atoms with van der Waals surface area (Å²) in [7, 11) is 1.66. The van der Waals surface area contributed by atoms with E-state index in [1.165, 1.54) is 11.9 Å². The first-order valence-electron chi connectivity index (χ1n) is 6.19. The lowest BCUT2D eigenvalue weighted by Crippen LogP contribution is -2.13. The zero-order valence-corrected chi connectivity index (χ0v) is 13.1. The third kappa shape index (κ3) is 3.62. The molecule has 1 N–H and O–H groups in total. The van der Waals surface area contributed by atoms with Crippen molar-refractivity contribution in [1.29, 1.82) is 0 Å². The molecule has 6 heteroatoms. The first-order valence-corrected chi connectivity index (χ1v) is 7.38. The van der Waals surface area contributed by atoms with Gasteiger partial charge in [0.05, 0.1) is 12.0 Å². The van der Waals surface area contributed by atoms with Crippen LogP contribution in [0.2, 0.25) is 5.15 Å². The Labute approximate surface area is 128 Å². The van der Waals surface area contributed by atoms with Crippen molar-refractivity contribution in [3.63, 3.8) is 0 Å². The van der Waals surface area contributed by atoms with Crippen LogP contribution < -0.4 is 9.46 Å². The molecule has 0 atom stereocenters. The Bertz CT molecular complexity index is 592. The molecule has 106 valence electrons. The summed E-state index contributed by atoms with van der Waals surface area (Å²) in [5, 5.41) is 0.394. The number of aromatic nitrogens is 2. The zero-order valence-electron chi connectivity index (χ0n) is 11.6. The van der Waals surface area contributed by atoms with Gasteiger partial charge in [-0.1, -0.05) is 11.6 Å². The standard InChI is InChI=1S/C14H16ClN3OS/c1-9(2)18-20-12-8-10(4-5-11(12)19-3)13-14(15)17-7-6-16-13/h4-9,18H,1-3H3. The van der Waals surface area contributed by atoms with E-state index < -0.39 is 0 Å². The Hall–Kier alpha value is -1.30. The number of ether oxygens (including phenoxy) is 1. The molecule has 2 aromatic rings. The summed E-state index contributed by atoms with van der Waals surface area (Å²) >= 11 is 7.61. The molecule has 1 heterocycles. The first-order chi connectivity index (χ1) is 9.61. The Kier molecular flexibility index (Phi) is 5.23. The van der Waals surface area contributed by atoms with Crippen molar-refractivity contribution in [1.82, 2.24) is 14.7 Å². The molecule has 0 aliphatic carbocycles. The fourth-order valence-electron chi connectivity index (χ4n) is 1.60. The third-order valence-corrected chi connectivity index (χ3v) is 3.90. The Morgan fingerprint density at radius 3 is 2.65 bits per heavy atom. The molecular weight excluding hydrogens is 294 g/mol. The van der Waals surface area contributed by atoms with Gasteiger partial charge in [0.25, 0.3) is 0 Å². The topological polar surface area (TPSA) is 47.0 Å². The molecular formula is C14H16ClN3OS. The predicted molar refractivity (Wildman–Crippen MR) is 83.2 cm³/mol. The van der Waals surface area contributed by atoms with Crippen molar-refractivity contribution in [3.05, 3.63) is 35.7 Å². The molecule has 0 saturated heterocycles. The van der Waals surface area contributed by atoms with Gasteiger partial charge in [-0.25, -0.2) is 4.98 Å². The van der Waals surface area contributed by atoms with Gasteiger partial charge < -0.3 is 4.74 Å². The quantitative estimate of drug-likeness (QED) is 0.851. The van der Waals surface area contributed by atoms with Crippen molar-refractivity contribution in [2.45, 2.75) is 24.8 Å². The van der Waals surface area contributed by atoms with Crippen molar-refractivity contribution in [2.24, 2.45) is 0 Å². The van der Waals surface area contributed by atoms with Crippen LogP contribution in [0.4, 0.5) is 0 Å². The molecule has 0 spiro atoms. The molecule has 2 rings (SSSR count). The number of nitrogens with one attached hydrogen (secondary N) is 1. The van der Waals surface area contributed by atoms with E-state index in [4.69, 9.17) is 16.3 Å². The van der Waals surface area contributed by atoms with Gasteiger partial charge >= 0.3 is 0 Å². The van der Waals surface area contributed by atoms with Gasteiger partial charge in [-0.2, -0.15) is 0 Å². The average Bonchev–Trinajstić information content (AvgIpc) is 2.45. The normalized spacial score (nSPS) is 10.8. The van der Waals surface area contributed by atoms with E-state index in [0.717, 1.165) is 16.2 Å². The van der Waals surface area contributed by atoms with Gasteiger partial charge in [-0.3, -0.25) is 9.71 Å². The van der Waals surface area contributed by atoms with Gasteiger partial charge in [0.1, 0.15) is 11.4 Å². The largest absolute Gasteiger partial charge is 0.496 e. The smallest absolute Gasteiger partial charge is 0.155 e. The Morgan fingerprint density at radius 1 is 1.25 bits per heavy atom. The number of benzene rings is 1. The maximum absolute atomic E-state index is 6.09. The van der Waals surface area contributed by atoms with Crippen molar-refractivity contribution >= 4 is 23.5 Å². The maximum atomic E-state index is 6.09. The molecule has 0 fully saturated rings. The van der Waals surface area contributed by atoms with Crippen LogP contribution in [0.3, 0.4) is 0 Å². The van der Waals surface area contributed by atoms with Gasteiger partial charge in [0.15, 0.2) is 5.15 Å². The van der Waals surface area contributed by atoms with E-state index in [1.54, 1.807) is 19.5 Å². The monoisotopic (exact) mass is 309 g/mol. The predicted octanol–water partition coefficient (Wildman–Crippen LogP) is 3.81. The zero-order chi connectivity index (χ0) is 14.5. The van der Waals surface area contributed by atoms with Gasteiger partial charge in [-0.15, -0.1) is 0 Å². The van der Waals surface area contributed by atoms with E-state index in [-0.39, 0.29) is 0 Å². The number of hydrogen-bond donors (Lipinski definition) is 1. The summed E-state index contributed by atoms with van der Waals surface area (Å²) in [4.78, 5) is 9.31. The van der Waals surface area contributed by atoms with Crippen LogP contribution in [0, 0.1) is 0 Å². The molecule has 0 amide bonds. The highest BCUT2D eigenvalue weighted by atomic mass is 35.5. The van der Waals surface area contributed by atoms with Crippen molar-refractivity contribution < 1.29 is 4.74 Å². The second-order valence-corrected chi connectivity index (χ2v) is 5.67. The molecule has 4 nitrogen and oxygen atoms in total. The van der Waals surface area contributed by atoms with E-state index in [2.05, 4.69) is 28.5 Å². The van der Waals surface area contributed by atoms with Crippen molar-refractivity contribution in [3.8, 4) is 17.0 Å². The fraction of sp³-hybridized carbons (Fsp3) is 0.286. The highest BCUT2D eigenvalue weighted by Gasteiger charge is 2.11. The highest BCUT2D eigenvalue weighted by Crippen LogP contribution is 2.33. The number of methoxy groups -OCH3 is 1. The average molecular weight is 310 g/mol. The van der Waals surface area contributed by atoms with Crippen LogP contribution in [0.5, 0.6) is 5.75 Å². The van der Waals surface area contributed by atoms with Gasteiger partial charge in [0.2, 0.25) is 0 Å². The van der Waals surface area contributed by atoms with E-state index in [9.17, 15) is 0 Å². The van der Waals surface area contributed by atoms with Crippen LogP contribution in [0.1, 0.15) is 13.8 Å². The minimum atomic E-state index is 0.369. The number of hydrogen-bond acceptors (Lipinski definition) is 5. The highest BCUT2D eigenvalue weighted by molar-refractivity contribution is 7.97. The number of halogens is 1. The van der Waals surface area contributed by atoms with Gasteiger partial charge in [0, 0.05) is 24.0 Å². The summed E-state index contributed by atoms with van der Waals surface area (Å²) in [6.07, 6.45) is 3.20. The summed E-state index contributed by atoms with van der Waals surface area (Å²) < 4.78 is 8.67. The van der Waals surface area contributed by atoms with Crippen LogP contribution in [-0.2, 0) is 0 Å². The lowest BCUT2D eigenvalue weighted by molar-refractivity contribution is 0.405. The van der Waals surface area contributed by atoms with E-state index >= 15 is 0 Å². The fourth-order valence-corrected chi connectivity index (χ4v) is 2.61. The summed E-state index contributed by atoms with van der Waals surface area (Å²) in [5.41, 5.74) is 1.58. The second-order valence-electron chi connectivity index (χ2n) is 4.44. The lowest BCUT2D eigenvalue weighted by atomic mass is 10.1. The van der Waals surface area contributed by atoms with E-state index in [1.807, 2.05) is 18.2 Å². The molecule has 1 aromatic heterocycles. The summed E-state index contributed by atoms with van der Waals surface area (Å²) in [6, 6.07) is 6.20. The molecule has 0 aliphatic heterocycles. The Morgan fingerprint density at radius 2 is 2.00 bits per heavy atom. The van der Waals surface area contributed by atoms with Gasteiger partial charge in [-0.05, 0) is 44.0 Å². The summed E-state index contributed by atoms with van der Waals surface area (Å²) in [5.74, 6) is 0.812. The molecule has 1 aromatic carbocycles. The third-order valence-electron chi connectivity index (χ3n) is 2.50. The van der Waals surface area contributed by atoms with Crippen LogP contribution in [-0.4, -0.2) is 23.1 Å². The van der Waals surface area contributed by atoms with Crippen LogP contribution in [0.15, 0.2) is 35.5 Å². The van der Waals surface area contributed by atoms with Crippen molar-refractivity contribution in [2.75, 3.05) is 7.11 Å². The minimum absolute atomic E-state index is 0.369. The van der Waals surface area contributed by atoms with Crippen LogP contribution >= 0.6 is 23.5 Å². The molecule has 0 unspecified atom stereocenters. The minimum Gasteiger partial charge on any atom is -0.496 e. The molecule has 0 saturated carbocycles. The summed E-state index contributed by atoms with van der Waals surface area (Å²) in [6.45, 7) is 4.17. The number of rotatable bonds is 5. The van der Waals surface area contributed by atoms with E-state index in [0.29, 0.717) is 16.9 Å².